The van der Waals surface area contributed by atoms with Crippen molar-refractivity contribution in [1.82, 2.24) is 10.6 Å². The zero-order valence-electron chi connectivity index (χ0n) is 16.9. The Hall–Kier alpha value is -1.76. The summed E-state index contributed by atoms with van der Waals surface area (Å²) in [6.07, 6.45) is 4.86. The fourth-order valence-corrected chi connectivity index (χ4v) is 4.31. The third-order valence-corrected chi connectivity index (χ3v) is 5.87. The molecule has 1 aliphatic rings. The number of sulfone groups is 1. The summed E-state index contributed by atoms with van der Waals surface area (Å²) in [5.74, 6) is 2.96. The number of hydrogen-bond donors (Lipinski definition) is 2. The van der Waals surface area contributed by atoms with E-state index in [0.717, 1.165) is 24.3 Å². The quantitative estimate of drug-likeness (QED) is 0.422. The molecule has 1 aromatic rings. The lowest BCUT2D eigenvalue weighted by atomic mass is 9.80. The van der Waals surface area contributed by atoms with Crippen molar-refractivity contribution in [3.8, 4) is 5.75 Å². The molecular weight excluding hydrogens is 362 g/mol. The van der Waals surface area contributed by atoms with Gasteiger partial charge in [-0.1, -0.05) is 13.8 Å². The van der Waals surface area contributed by atoms with Crippen molar-refractivity contribution in [2.75, 3.05) is 26.0 Å². The lowest BCUT2D eigenvalue weighted by Gasteiger charge is -2.32. The van der Waals surface area contributed by atoms with Gasteiger partial charge in [0, 0.05) is 18.8 Å². The van der Waals surface area contributed by atoms with Crippen LogP contribution < -0.4 is 15.4 Å². The van der Waals surface area contributed by atoms with E-state index in [1.165, 1.54) is 25.5 Å². The second-order valence-electron chi connectivity index (χ2n) is 7.61. The van der Waals surface area contributed by atoms with Crippen LogP contribution in [0, 0.1) is 11.8 Å². The van der Waals surface area contributed by atoms with Crippen LogP contribution in [0.15, 0.2) is 34.2 Å². The van der Waals surface area contributed by atoms with Crippen molar-refractivity contribution in [2.24, 2.45) is 16.8 Å². The molecule has 1 aromatic carbocycles. The van der Waals surface area contributed by atoms with E-state index in [9.17, 15) is 8.42 Å². The number of hydrogen-bond acceptors (Lipinski definition) is 4. The number of rotatable bonds is 7. The van der Waals surface area contributed by atoms with Crippen molar-refractivity contribution >= 4 is 15.8 Å². The first kappa shape index (κ1) is 21.5. The van der Waals surface area contributed by atoms with Crippen LogP contribution in [0.3, 0.4) is 0 Å². The van der Waals surface area contributed by atoms with Gasteiger partial charge in [0.15, 0.2) is 15.8 Å². The molecule has 2 N–H and O–H groups in total. The molecule has 0 radical (unpaired) electrons. The van der Waals surface area contributed by atoms with Crippen molar-refractivity contribution in [3.05, 3.63) is 24.3 Å². The summed E-state index contributed by atoms with van der Waals surface area (Å²) in [5.41, 5.74) is 0. The minimum Gasteiger partial charge on any atom is -0.492 e. The zero-order chi connectivity index (χ0) is 19.9. The van der Waals surface area contributed by atoms with Crippen molar-refractivity contribution in [3.63, 3.8) is 0 Å². The number of aliphatic imine (C=N–C) groups is 1. The molecule has 0 bridgehead atoms. The van der Waals surface area contributed by atoms with Crippen LogP contribution >= 0.6 is 0 Å². The van der Waals surface area contributed by atoms with E-state index in [1.807, 2.05) is 0 Å². The van der Waals surface area contributed by atoms with Crippen LogP contribution in [0.1, 0.15) is 40.0 Å². The van der Waals surface area contributed by atoms with Crippen molar-refractivity contribution in [1.29, 1.82) is 0 Å². The predicted molar refractivity (Wildman–Crippen MR) is 110 cm³/mol. The molecular formula is C20H33N3O3S. The summed E-state index contributed by atoms with van der Waals surface area (Å²) in [7, 11) is -3.18. The molecule has 0 aromatic heterocycles. The van der Waals surface area contributed by atoms with Crippen molar-refractivity contribution in [2.45, 2.75) is 51.0 Å². The summed E-state index contributed by atoms with van der Waals surface area (Å²) >= 11 is 0. The molecule has 2 atom stereocenters. The van der Waals surface area contributed by atoms with Gasteiger partial charge in [-0.25, -0.2) is 13.4 Å². The second-order valence-corrected chi connectivity index (χ2v) is 9.63. The van der Waals surface area contributed by atoms with Gasteiger partial charge in [-0.2, -0.15) is 0 Å². The van der Waals surface area contributed by atoms with Gasteiger partial charge in [0.1, 0.15) is 12.4 Å². The van der Waals surface area contributed by atoms with E-state index >= 15 is 0 Å². The van der Waals surface area contributed by atoms with Gasteiger partial charge < -0.3 is 15.4 Å². The molecule has 1 saturated carbocycles. The minimum atomic E-state index is -3.18. The fraction of sp³-hybridized carbons (Fsp3) is 0.650. The summed E-state index contributed by atoms with van der Waals surface area (Å²) in [4.78, 5) is 4.90. The van der Waals surface area contributed by atoms with Gasteiger partial charge in [-0.15, -0.1) is 0 Å². The average Bonchev–Trinajstić information content (AvgIpc) is 2.57. The Kier molecular flexibility index (Phi) is 7.95. The van der Waals surface area contributed by atoms with Crippen LogP contribution in [0.5, 0.6) is 5.75 Å². The molecule has 0 spiro atoms. The maximum absolute atomic E-state index is 11.5. The molecule has 0 saturated heterocycles. The van der Waals surface area contributed by atoms with Crippen LogP contribution in [-0.2, 0) is 9.84 Å². The fourth-order valence-electron chi connectivity index (χ4n) is 3.68. The SMILES string of the molecule is CCNC(=NCCOc1ccc(S(C)(=O)=O)cc1)NC1CC(C)CC(C)C1. The molecule has 7 heteroatoms. The molecule has 0 amide bonds. The summed E-state index contributed by atoms with van der Waals surface area (Å²) < 4.78 is 28.6. The minimum absolute atomic E-state index is 0.294. The van der Waals surface area contributed by atoms with E-state index in [4.69, 9.17) is 4.74 Å². The number of nitrogens with zero attached hydrogens (tertiary/aromatic N) is 1. The van der Waals surface area contributed by atoms with E-state index in [2.05, 4.69) is 36.4 Å². The monoisotopic (exact) mass is 395 g/mol. The first-order chi connectivity index (χ1) is 12.8. The Labute approximate surface area is 163 Å². The molecule has 27 heavy (non-hydrogen) atoms. The molecule has 1 aliphatic carbocycles. The van der Waals surface area contributed by atoms with Gasteiger partial charge >= 0.3 is 0 Å². The number of guanidine groups is 1. The molecule has 152 valence electrons. The van der Waals surface area contributed by atoms with Crippen LogP contribution in [-0.4, -0.2) is 46.4 Å². The van der Waals surface area contributed by atoms with Crippen LogP contribution in [0.2, 0.25) is 0 Å². The topological polar surface area (TPSA) is 79.8 Å². The molecule has 0 aliphatic heterocycles. The maximum atomic E-state index is 11.5. The van der Waals surface area contributed by atoms with E-state index in [1.54, 1.807) is 24.3 Å². The Bertz CT molecular complexity index is 706. The van der Waals surface area contributed by atoms with Gasteiger partial charge in [0.05, 0.1) is 11.4 Å². The van der Waals surface area contributed by atoms with Gasteiger partial charge in [0.25, 0.3) is 0 Å². The lowest BCUT2D eigenvalue weighted by Crippen LogP contribution is -2.46. The lowest BCUT2D eigenvalue weighted by molar-refractivity contribution is 0.255. The molecule has 1 fully saturated rings. The summed E-state index contributed by atoms with van der Waals surface area (Å²) in [6.45, 7) is 8.47. The highest BCUT2D eigenvalue weighted by Crippen LogP contribution is 2.28. The van der Waals surface area contributed by atoms with E-state index in [-0.39, 0.29) is 0 Å². The standard InChI is InChI=1S/C20H33N3O3S/c1-5-21-20(23-17-13-15(2)12-16(3)14-17)22-10-11-26-18-6-8-19(9-7-18)27(4,24)25/h6-9,15-17H,5,10-14H2,1-4H3,(H2,21,22,23). The smallest absolute Gasteiger partial charge is 0.191 e. The highest BCUT2D eigenvalue weighted by atomic mass is 32.2. The van der Waals surface area contributed by atoms with Crippen LogP contribution in [0.4, 0.5) is 0 Å². The molecule has 2 rings (SSSR count). The zero-order valence-corrected chi connectivity index (χ0v) is 17.7. The molecule has 2 unspecified atom stereocenters. The molecule has 6 nitrogen and oxygen atoms in total. The Balaban J connectivity index is 1.84. The third-order valence-electron chi connectivity index (χ3n) is 4.75. The van der Waals surface area contributed by atoms with E-state index < -0.39 is 9.84 Å². The number of nitrogens with one attached hydrogen (secondary N) is 2. The Morgan fingerprint density at radius 3 is 2.33 bits per heavy atom. The summed E-state index contributed by atoms with van der Waals surface area (Å²) in [5, 5.41) is 6.86. The second kappa shape index (κ2) is 9.97. The third kappa shape index (κ3) is 7.40. The highest BCUT2D eigenvalue weighted by Gasteiger charge is 2.24. The maximum Gasteiger partial charge on any atom is 0.191 e. The normalized spacial score (nSPS) is 23.7. The van der Waals surface area contributed by atoms with Gasteiger partial charge in [-0.05, 0) is 62.3 Å². The summed E-state index contributed by atoms with van der Waals surface area (Å²) in [6, 6.07) is 6.93. The average molecular weight is 396 g/mol. The Morgan fingerprint density at radius 2 is 1.78 bits per heavy atom. The first-order valence-corrected chi connectivity index (χ1v) is 11.6. The largest absolute Gasteiger partial charge is 0.492 e. The van der Waals surface area contributed by atoms with Crippen LogP contribution in [0.25, 0.3) is 0 Å². The highest BCUT2D eigenvalue weighted by molar-refractivity contribution is 7.90. The number of benzene rings is 1. The van der Waals surface area contributed by atoms with Gasteiger partial charge in [0.2, 0.25) is 0 Å². The van der Waals surface area contributed by atoms with Gasteiger partial charge in [-0.3, -0.25) is 0 Å². The molecule has 0 heterocycles. The number of ether oxygens (including phenoxy) is 1. The Morgan fingerprint density at radius 1 is 1.15 bits per heavy atom. The first-order valence-electron chi connectivity index (χ1n) is 9.75. The van der Waals surface area contributed by atoms with Crippen molar-refractivity contribution < 1.29 is 13.2 Å². The predicted octanol–water partition coefficient (Wildman–Crippen LogP) is 2.85. The van der Waals surface area contributed by atoms with E-state index in [0.29, 0.717) is 29.8 Å².